The van der Waals surface area contributed by atoms with Crippen LogP contribution < -0.4 is 10.0 Å². The third-order valence-electron chi connectivity index (χ3n) is 5.00. The van der Waals surface area contributed by atoms with Crippen molar-refractivity contribution >= 4 is 43.5 Å². The van der Waals surface area contributed by atoms with E-state index in [0.29, 0.717) is 16.8 Å². The lowest BCUT2D eigenvalue weighted by atomic mass is 10.1. The molecule has 2 aromatic rings. The van der Waals surface area contributed by atoms with Crippen molar-refractivity contribution in [3.8, 4) is 0 Å². The molecule has 1 fully saturated rings. The Bertz CT molecular complexity index is 1030. The lowest BCUT2D eigenvalue weighted by molar-refractivity contribution is -0.116. The Labute approximate surface area is 185 Å². The summed E-state index contributed by atoms with van der Waals surface area (Å²) in [6, 6.07) is 11.5. The molecule has 3 rings (SSSR count). The summed E-state index contributed by atoms with van der Waals surface area (Å²) in [5.74, 6) is -0.356. The fourth-order valence-electron chi connectivity index (χ4n) is 3.30. The van der Waals surface area contributed by atoms with E-state index in [-0.39, 0.29) is 29.7 Å². The first-order valence-electron chi connectivity index (χ1n) is 9.72. The van der Waals surface area contributed by atoms with Gasteiger partial charge in [0.1, 0.15) is 0 Å². The van der Waals surface area contributed by atoms with Gasteiger partial charge in [-0.3, -0.25) is 9.59 Å². The monoisotopic (exact) mass is 493 g/mol. The first-order chi connectivity index (χ1) is 14.3. The minimum Gasteiger partial charge on any atom is -0.339 e. The van der Waals surface area contributed by atoms with Crippen LogP contribution in [0.25, 0.3) is 0 Å². The number of carbonyl (C=O) groups excluding carboxylic acids is 2. The normalized spacial score (nSPS) is 14.0. The first kappa shape index (κ1) is 22.5. The Morgan fingerprint density at radius 3 is 2.40 bits per heavy atom. The lowest BCUT2D eigenvalue weighted by Crippen LogP contribution is -2.29. The van der Waals surface area contributed by atoms with Gasteiger partial charge >= 0.3 is 0 Å². The number of anilines is 1. The smallest absolute Gasteiger partial charge is 0.254 e. The number of nitrogens with one attached hydrogen (secondary N) is 2. The molecule has 0 aliphatic carbocycles. The van der Waals surface area contributed by atoms with E-state index in [9.17, 15) is 18.0 Å². The third-order valence-corrected chi connectivity index (χ3v) is 7.01. The molecule has 1 aliphatic rings. The van der Waals surface area contributed by atoms with Crippen LogP contribution in [0.2, 0.25) is 0 Å². The van der Waals surface area contributed by atoms with Crippen molar-refractivity contribution in [3.05, 3.63) is 58.1 Å². The summed E-state index contributed by atoms with van der Waals surface area (Å²) < 4.78 is 27.8. The van der Waals surface area contributed by atoms with Gasteiger partial charge in [-0.15, -0.1) is 0 Å². The van der Waals surface area contributed by atoms with Gasteiger partial charge in [-0.1, -0.05) is 22.0 Å². The second-order valence-electron chi connectivity index (χ2n) is 7.13. The minimum absolute atomic E-state index is 0.0247. The van der Waals surface area contributed by atoms with Gasteiger partial charge in [0.05, 0.1) is 4.90 Å². The fourth-order valence-corrected chi connectivity index (χ4v) is 4.60. The van der Waals surface area contributed by atoms with Gasteiger partial charge in [0.2, 0.25) is 15.9 Å². The number of hydrogen-bond acceptors (Lipinski definition) is 4. The Balaban J connectivity index is 1.58. The Morgan fingerprint density at radius 1 is 1.07 bits per heavy atom. The topological polar surface area (TPSA) is 95.6 Å². The molecule has 0 aromatic heterocycles. The molecule has 9 heteroatoms. The summed E-state index contributed by atoms with van der Waals surface area (Å²) in [4.78, 5) is 27.0. The van der Waals surface area contributed by atoms with Crippen LogP contribution >= 0.6 is 15.9 Å². The van der Waals surface area contributed by atoms with Gasteiger partial charge in [0, 0.05) is 41.8 Å². The second-order valence-corrected chi connectivity index (χ2v) is 9.81. The van der Waals surface area contributed by atoms with Crippen LogP contribution in [0.1, 0.15) is 35.2 Å². The van der Waals surface area contributed by atoms with E-state index in [1.54, 1.807) is 37.3 Å². The van der Waals surface area contributed by atoms with Crippen molar-refractivity contribution in [1.82, 2.24) is 9.62 Å². The molecule has 0 atom stereocenters. The van der Waals surface area contributed by atoms with Crippen LogP contribution in [0, 0.1) is 6.92 Å². The lowest BCUT2D eigenvalue weighted by Gasteiger charge is -2.18. The predicted octanol–water partition coefficient (Wildman–Crippen LogP) is 3.30. The molecule has 0 spiro atoms. The summed E-state index contributed by atoms with van der Waals surface area (Å²) in [7, 11) is -3.68. The van der Waals surface area contributed by atoms with Gasteiger partial charge in [0.15, 0.2) is 0 Å². The quantitative estimate of drug-likeness (QED) is 0.618. The molecule has 160 valence electrons. The summed E-state index contributed by atoms with van der Waals surface area (Å²) in [5, 5.41) is 2.78. The molecule has 7 nitrogen and oxygen atoms in total. The molecule has 0 saturated carbocycles. The van der Waals surface area contributed by atoms with E-state index in [1.807, 2.05) is 4.90 Å². The average molecular weight is 494 g/mol. The van der Waals surface area contributed by atoms with Crippen molar-refractivity contribution in [2.24, 2.45) is 0 Å². The molecular weight excluding hydrogens is 470 g/mol. The highest BCUT2D eigenvalue weighted by Crippen LogP contribution is 2.22. The van der Waals surface area contributed by atoms with Crippen molar-refractivity contribution < 1.29 is 18.0 Å². The molecule has 1 heterocycles. The zero-order valence-corrected chi connectivity index (χ0v) is 19.1. The van der Waals surface area contributed by atoms with Crippen LogP contribution in [0.4, 0.5) is 5.69 Å². The predicted molar refractivity (Wildman–Crippen MR) is 119 cm³/mol. The molecule has 0 unspecified atom stereocenters. The van der Waals surface area contributed by atoms with Crippen LogP contribution in [0.15, 0.2) is 51.8 Å². The standard InChI is InChI=1S/C21H24BrN3O4S/c1-15-18(21(27)25-13-2-3-14-25)5-4-6-19(15)24-20(26)11-12-23-30(28,29)17-9-7-16(22)8-10-17/h4-10,23H,2-3,11-14H2,1H3,(H,24,26). The van der Waals surface area contributed by atoms with Gasteiger partial charge < -0.3 is 10.2 Å². The molecule has 2 amide bonds. The van der Waals surface area contributed by atoms with Gasteiger partial charge in [-0.25, -0.2) is 13.1 Å². The minimum atomic E-state index is -3.68. The maximum atomic E-state index is 12.7. The molecular formula is C21H24BrN3O4S. The van der Waals surface area contributed by atoms with Crippen LogP contribution in [0.3, 0.4) is 0 Å². The van der Waals surface area contributed by atoms with Crippen LogP contribution in [-0.2, 0) is 14.8 Å². The molecule has 1 aliphatic heterocycles. The van der Waals surface area contributed by atoms with E-state index >= 15 is 0 Å². The number of sulfonamides is 1. The van der Waals surface area contributed by atoms with Crippen molar-refractivity contribution in [3.63, 3.8) is 0 Å². The number of benzene rings is 2. The Morgan fingerprint density at radius 2 is 1.73 bits per heavy atom. The van der Waals surface area contributed by atoms with Gasteiger partial charge in [0.25, 0.3) is 5.91 Å². The number of halogens is 1. The van der Waals surface area contributed by atoms with Crippen LogP contribution in [-0.4, -0.2) is 44.8 Å². The van der Waals surface area contributed by atoms with Gasteiger partial charge in [-0.2, -0.15) is 0 Å². The molecule has 0 bridgehead atoms. The van der Waals surface area contributed by atoms with E-state index in [0.717, 1.165) is 30.4 Å². The zero-order chi connectivity index (χ0) is 21.7. The number of rotatable bonds is 7. The molecule has 0 radical (unpaired) electrons. The van der Waals surface area contributed by atoms with E-state index < -0.39 is 10.0 Å². The fraction of sp³-hybridized carbons (Fsp3) is 0.333. The van der Waals surface area contributed by atoms with Crippen molar-refractivity contribution in [1.29, 1.82) is 0 Å². The van der Waals surface area contributed by atoms with Crippen molar-refractivity contribution in [2.75, 3.05) is 25.0 Å². The number of carbonyl (C=O) groups is 2. The number of nitrogens with zero attached hydrogens (tertiary/aromatic N) is 1. The SMILES string of the molecule is Cc1c(NC(=O)CCNS(=O)(=O)c2ccc(Br)cc2)cccc1C(=O)N1CCCC1. The summed E-state index contributed by atoms with van der Waals surface area (Å²) in [6.45, 7) is 3.28. The van der Waals surface area contributed by atoms with Gasteiger partial charge in [-0.05, 0) is 61.7 Å². The van der Waals surface area contributed by atoms with E-state index in [1.165, 1.54) is 12.1 Å². The maximum absolute atomic E-state index is 12.7. The van der Waals surface area contributed by atoms with Crippen LogP contribution in [0.5, 0.6) is 0 Å². The van der Waals surface area contributed by atoms with E-state index in [2.05, 4.69) is 26.0 Å². The van der Waals surface area contributed by atoms with Crippen molar-refractivity contribution in [2.45, 2.75) is 31.1 Å². The average Bonchev–Trinajstić information content (AvgIpc) is 3.24. The highest BCUT2D eigenvalue weighted by Gasteiger charge is 2.22. The van der Waals surface area contributed by atoms with E-state index in [4.69, 9.17) is 0 Å². The Kier molecular flexibility index (Phi) is 7.27. The highest BCUT2D eigenvalue weighted by molar-refractivity contribution is 9.10. The molecule has 1 saturated heterocycles. The zero-order valence-electron chi connectivity index (χ0n) is 16.7. The maximum Gasteiger partial charge on any atom is 0.254 e. The summed E-state index contributed by atoms with van der Waals surface area (Å²) in [5.41, 5.74) is 1.84. The summed E-state index contributed by atoms with van der Waals surface area (Å²) >= 11 is 3.26. The molecule has 2 aromatic carbocycles. The third kappa shape index (κ3) is 5.47. The Hall–Kier alpha value is -2.23. The number of amides is 2. The second kappa shape index (κ2) is 9.72. The highest BCUT2D eigenvalue weighted by atomic mass is 79.9. The summed E-state index contributed by atoms with van der Waals surface area (Å²) in [6.07, 6.45) is 1.99. The number of hydrogen-bond donors (Lipinski definition) is 2. The first-order valence-corrected chi connectivity index (χ1v) is 12.0. The number of likely N-dealkylation sites (tertiary alicyclic amines) is 1. The largest absolute Gasteiger partial charge is 0.339 e. The molecule has 30 heavy (non-hydrogen) atoms. The molecule has 2 N–H and O–H groups in total.